The first-order valence-electron chi connectivity index (χ1n) is 9.95. The molecule has 156 valence electrons. The quantitative estimate of drug-likeness (QED) is 0.502. The predicted octanol–water partition coefficient (Wildman–Crippen LogP) is 3.25. The van der Waals surface area contributed by atoms with E-state index >= 15 is 0 Å². The van der Waals surface area contributed by atoms with Gasteiger partial charge < -0.3 is 10.1 Å². The van der Waals surface area contributed by atoms with Crippen LogP contribution in [0.3, 0.4) is 0 Å². The largest absolute Gasteiger partial charge is 0.489 e. The van der Waals surface area contributed by atoms with Crippen LogP contribution in [0.2, 0.25) is 0 Å². The first-order chi connectivity index (χ1) is 15.1. The fourth-order valence-electron chi connectivity index (χ4n) is 3.25. The van der Waals surface area contributed by atoms with Gasteiger partial charge in [0.2, 0.25) is 5.91 Å². The van der Waals surface area contributed by atoms with Gasteiger partial charge in [-0.3, -0.25) is 19.1 Å². The van der Waals surface area contributed by atoms with Crippen LogP contribution in [0.5, 0.6) is 5.75 Å². The zero-order chi connectivity index (χ0) is 21.6. The molecule has 2 aromatic heterocycles. The van der Waals surface area contributed by atoms with Crippen molar-refractivity contribution in [2.24, 2.45) is 0 Å². The summed E-state index contributed by atoms with van der Waals surface area (Å²) in [7, 11) is 0. The number of aromatic nitrogens is 3. The number of fused-ring (bicyclic) bond motifs is 1. The fraction of sp³-hybridized carbons (Fsp3) is 0.167. The third-order valence-corrected chi connectivity index (χ3v) is 4.93. The van der Waals surface area contributed by atoms with Crippen LogP contribution in [-0.4, -0.2) is 20.4 Å². The van der Waals surface area contributed by atoms with E-state index in [4.69, 9.17) is 4.74 Å². The normalized spacial score (nSPS) is 11.8. The third-order valence-electron chi connectivity index (χ3n) is 4.93. The Bertz CT molecular complexity index is 1240. The van der Waals surface area contributed by atoms with Gasteiger partial charge in [0.25, 0.3) is 5.56 Å². The monoisotopic (exact) mass is 414 g/mol. The molecular weight excluding hydrogens is 392 g/mol. The minimum absolute atomic E-state index is 0.0900. The second kappa shape index (κ2) is 9.21. The maximum atomic E-state index is 12.5. The Labute approximate surface area is 179 Å². The number of benzene rings is 2. The highest BCUT2D eigenvalue weighted by Gasteiger charge is 2.12. The number of ether oxygens (including phenoxy) is 1. The Hall–Kier alpha value is -4.00. The van der Waals surface area contributed by atoms with Gasteiger partial charge in [-0.25, -0.2) is 4.98 Å². The van der Waals surface area contributed by atoms with E-state index in [1.165, 1.54) is 10.9 Å². The van der Waals surface area contributed by atoms with E-state index in [2.05, 4.69) is 15.3 Å². The second-order valence-electron chi connectivity index (χ2n) is 7.20. The lowest BCUT2D eigenvalue weighted by molar-refractivity contribution is -0.122. The van der Waals surface area contributed by atoms with Crippen molar-refractivity contribution in [3.05, 3.63) is 101 Å². The average molecular weight is 414 g/mol. The molecule has 0 saturated carbocycles. The van der Waals surface area contributed by atoms with Gasteiger partial charge in [-0.1, -0.05) is 30.3 Å². The van der Waals surface area contributed by atoms with Gasteiger partial charge in [0, 0.05) is 18.0 Å². The molecule has 0 radical (unpaired) electrons. The Balaban J connectivity index is 1.35. The van der Waals surface area contributed by atoms with Crippen LogP contribution in [0.25, 0.3) is 10.9 Å². The molecule has 1 atom stereocenters. The number of amides is 1. The molecule has 2 heterocycles. The van der Waals surface area contributed by atoms with Crippen LogP contribution in [0.4, 0.5) is 0 Å². The highest BCUT2D eigenvalue weighted by Crippen LogP contribution is 2.18. The lowest BCUT2D eigenvalue weighted by Gasteiger charge is -2.16. The molecule has 31 heavy (non-hydrogen) atoms. The topological polar surface area (TPSA) is 86.1 Å². The number of nitrogens with one attached hydrogen (secondary N) is 1. The van der Waals surface area contributed by atoms with Gasteiger partial charge in [-0.15, -0.1) is 0 Å². The van der Waals surface area contributed by atoms with Crippen molar-refractivity contribution < 1.29 is 9.53 Å². The maximum absolute atomic E-state index is 12.5. The van der Waals surface area contributed by atoms with Gasteiger partial charge in [0.05, 0.1) is 23.3 Å². The van der Waals surface area contributed by atoms with Gasteiger partial charge in [-0.05, 0) is 42.8 Å². The maximum Gasteiger partial charge on any atom is 0.261 e. The van der Waals surface area contributed by atoms with Crippen molar-refractivity contribution in [2.75, 3.05) is 0 Å². The van der Waals surface area contributed by atoms with E-state index in [0.29, 0.717) is 17.5 Å². The highest BCUT2D eigenvalue weighted by atomic mass is 16.5. The molecule has 1 N–H and O–H groups in total. The molecule has 0 saturated heterocycles. The van der Waals surface area contributed by atoms with E-state index in [-0.39, 0.29) is 24.1 Å². The zero-order valence-electron chi connectivity index (χ0n) is 17.1. The number of carbonyl (C=O) groups excluding carboxylic acids is 1. The van der Waals surface area contributed by atoms with Crippen LogP contribution >= 0.6 is 0 Å². The summed E-state index contributed by atoms with van der Waals surface area (Å²) in [6.07, 6.45) is 4.90. The van der Waals surface area contributed by atoms with E-state index in [1.54, 1.807) is 30.6 Å². The molecule has 1 amide bonds. The summed E-state index contributed by atoms with van der Waals surface area (Å²) >= 11 is 0. The first-order valence-corrected chi connectivity index (χ1v) is 9.95. The molecule has 0 aliphatic heterocycles. The number of para-hydroxylation sites is 1. The summed E-state index contributed by atoms with van der Waals surface area (Å²) in [6.45, 7) is 2.24. The fourth-order valence-corrected chi connectivity index (χ4v) is 3.25. The van der Waals surface area contributed by atoms with Gasteiger partial charge in [-0.2, -0.15) is 0 Å². The summed E-state index contributed by atoms with van der Waals surface area (Å²) in [6, 6.07) is 18.2. The minimum atomic E-state index is -0.261. The molecule has 0 aliphatic carbocycles. The molecule has 0 spiro atoms. The summed E-state index contributed by atoms with van der Waals surface area (Å²) < 4.78 is 7.08. The van der Waals surface area contributed by atoms with Crippen LogP contribution in [0.1, 0.15) is 24.1 Å². The lowest BCUT2D eigenvalue weighted by atomic mass is 10.1. The zero-order valence-corrected chi connectivity index (χ0v) is 17.1. The molecule has 0 bridgehead atoms. The molecule has 7 heteroatoms. The SMILES string of the molecule is CC(NC(=O)Cn1cnc2ccccc2c1=O)c1ccc(OCc2cccnc2)cc1. The van der Waals surface area contributed by atoms with Gasteiger partial charge in [0.15, 0.2) is 0 Å². The van der Waals surface area contributed by atoms with Crippen LogP contribution in [0, 0.1) is 0 Å². The van der Waals surface area contributed by atoms with Crippen molar-refractivity contribution in [2.45, 2.75) is 26.1 Å². The Morgan fingerprint density at radius 2 is 1.90 bits per heavy atom. The van der Waals surface area contributed by atoms with Crippen molar-refractivity contribution in [3.8, 4) is 5.75 Å². The lowest BCUT2D eigenvalue weighted by Crippen LogP contribution is -2.33. The molecule has 4 rings (SSSR count). The predicted molar refractivity (Wildman–Crippen MR) is 118 cm³/mol. The Morgan fingerprint density at radius 3 is 2.68 bits per heavy atom. The summed E-state index contributed by atoms with van der Waals surface area (Å²) in [5, 5.41) is 3.41. The van der Waals surface area contributed by atoms with E-state index in [1.807, 2.05) is 49.4 Å². The third kappa shape index (κ3) is 4.95. The number of hydrogen-bond donors (Lipinski definition) is 1. The molecule has 0 aliphatic rings. The van der Waals surface area contributed by atoms with Crippen molar-refractivity contribution >= 4 is 16.8 Å². The van der Waals surface area contributed by atoms with Crippen molar-refractivity contribution in [1.82, 2.24) is 19.9 Å². The number of nitrogens with zero attached hydrogens (tertiary/aromatic N) is 3. The Kier molecular flexibility index (Phi) is 6.03. The van der Waals surface area contributed by atoms with Gasteiger partial charge in [0.1, 0.15) is 18.9 Å². The standard InChI is InChI=1S/C24H22N4O3/c1-17(19-8-10-20(11-9-19)31-15-18-5-4-12-25-13-18)27-23(29)14-28-16-26-22-7-3-2-6-21(22)24(28)30/h2-13,16-17H,14-15H2,1H3,(H,27,29). The first kappa shape index (κ1) is 20.3. The number of hydrogen-bond acceptors (Lipinski definition) is 5. The van der Waals surface area contributed by atoms with E-state index < -0.39 is 0 Å². The molecule has 0 fully saturated rings. The van der Waals surface area contributed by atoms with E-state index in [9.17, 15) is 9.59 Å². The number of carbonyl (C=O) groups is 1. The van der Waals surface area contributed by atoms with Crippen LogP contribution < -0.4 is 15.6 Å². The molecule has 2 aromatic carbocycles. The Morgan fingerprint density at radius 1 is 1.10 bits per heavy atom. The molecule has 4 aromatic rings. The smallest absolute Gasteiger partial charge is 0.261 e. The molecule has 7 nitrogen and oxygen atoms in total. The summed E-state index contributed by atoms with van der Waals surface area (Å²) in [5.74, 6) is 0.475. The minimum Gasteiger partial charge on any atom is -0.489 e. The number of pyridine rings is 1. The second-order valence-corrected chi connectivity index (χ2v) is 7.20. The number of rotatable bonds is 7. The average Bonchev–Trinajstić information content (AvgIpc) is 2.80. The van der Waals surface area contributed by atoms with Crippen molar-refractivity contribution in [1.29, 1.82) is 0 Å². The van der Waals surface area contributed by atoms with Crippen LogP contribution in [-0.2, 0) is 17.9 Å². The summed E-state index contributed by atoms with van der Waals surface area (Å²) in [4.78, 5) is 33.3. The molecule has 1 unspecified atom stereocenters. The van der Waals surface area contributed by atoms with E-state index in [0.717, 1.165) is 16.9 Å². The molecular formula is C24H22N4O3. The van der Waals surface area contributed by atoms with Gasteiger partial charge >= 0.3 is 0 Å². The summed E-state index contributed by atoms with van der Waals surface area (Å²) in [5.41, 5.74) is 2.31. The van der Waals surface area contributed by atoms with Crippen LogP contribution in [0.15, 0.2) is 84.2 Å². The van der Waals surface area contributed by atoms with Crippen molar-refractivity contribution in [3.63, 3.8) is 0 Å². The highest BCUT2D eigenvalue weighted by molar-refractivity contribution is 5.79.